The fourth-order valence-corrected chi connectivity index (χ4v) is 5.31. The average Bonchev–Trinajstić information content (AvgIpc) is 2.80. The first-order valence-corrected chi connectivity index (χ1v) is 10.7. The van der Waals surface area contributed by atoms with Gasteiger partial charge in [0.15, 0.2) is 0 Å². The minimum atomic E-state index is -0.802. The lowest BCUT2D eigenvalue weighted by Gasteiger charge is -2.46. The summed E-state index contributed by atoms with van der Waals surface area (Å²) in [4.78, 5) is 0. The van der Waals surface area contributed by atoms with Crippen LogP contribution in [0.5, 0.6) is 11.5 Å². The lowest BCUT2D eigenvalue weighted by molar-refractivity contribution is -0.0617. The Hall–Kier alpha value is -3.52. The van der Waals surface area contributed by atoms with Crippen molar-refractivity contribution < 1.29 is 9.47 Å². The zero-order valence-electron chi connectivity index (χ0n) is 16.5. The summed E-state index contributed by atoms with van der Waals surface area (Å²) >= 11 is 0. The average molecular weight is 388 g/mol. The Labute approximate surface area is 175 Å². The SMILES string of the molecule is C1=C2CCCC3=Cc4c(ccc5ccccc45)OC23Oc2ccc3ccccc3c21. The minimum Gasteiger partial charge on any atom is -0.444 e. The minimum absolute atomic E-state index is 0.802. The molecule has 0 amide bonds. The van der Waals surface area contributed by atoms with Gasteiger partial charge in [-0.3, -0.25) is 0 Å². The predicted octanol–water partition coefficient (Wildman–Crippen LogP) is 7.13. The zero-order valence-corrected chi connectivity index (χ0v) is 16.5. The van der Waals surface area contributed by atoms with Crippen LogP contribution in [0.15, 0.2) is 83.9 Å². The van der Waals surface area contributed by atoms with Gasteiger partial charge in [0.1, 0.15) is 11.5 Å². The van der Waals surface area contributed by atoms with Gasteiger partial charge in [0.2, 0.25) is 0 Å². The van der Waals surface area contributed by atoms with Crippen molar-refractivity contribution in [1.82, 2.24) is 0 Å². The number of hydrogen-bond acceptors (Lipinski definition) is 2. The quantitative estimate of drug-likeness (QED) is 0.319. The lowest BCUT2D eigenvalue weighted by atomic mass is 9.78. The Morgan fingerprint density at radius 3 is 1.60 bits per heavy atom. The Kier molecular flexibility index (Phi) is 3.13. The van der Waals surface area contributed by atoms with E-state index < -0.39 is 5.79 Å². The van der Waals surface area contributed by atoms with Crippen molar-refractivity contribution in [3.63, 3.8) is 0 Å². The summed E-state index contributed by atoms with van der Waals surface area (Å²) in [6.45, 7) is 0. The first-order valence-electron chi connectivity index (χ1n) is 10.7. The van der Waals surface area contributed by atoms with Crippen LogP contribution in [0.3, 0.4) is 0 Å². The molecule has 3 aliphatic rings. The third-order valence-corrected chi connectivity index (χ3v) is 6.74. The van der Waals surface area contributed by atoms with Crippen molar-refractivity contribution in [2.45, 2.75) is 25.0 Å². The second-order valence-electron chi connectivity index (χ2n) is 8.41. The molecule has 4 aromatic carbocycles. The van der Waals surface area contributed by atoms with Crippen molar-refractivity contribution in [1.29, 1.82) is 0 Å². The van der Waals surface area contributed by atoms with E-state index in [2.05, 4.69) is 84.9 Å². The Balaban J connectivity index is 1.46. The van der Waals surface area contributed by atoms with Crippen LogP contribution in [0.1, 0.15) is 30.4 Å². The number of fused-ring (bicyclic) bond motifs is 6. The number of hydrogen-bond donors (Lipinski definition) is 0. The first-order chi connectivity index (χ1) is 14.8. The fourth-order valence-electron chi connectivity index (χ4n) is 5.31. The van der Waals surface area contributed by atoms with Crippen LogP contribution in [0.25, 0.3) is 33.7 Å². The molecule has 0 saturated heterocycles. The summed E-state index contributed by atoms with van der Waals surface area (Å²) in [5.74, 6) is 0.993. The molecule has 30 heavy (non-hydrogen) atoms. The maximum Gasteiger partial charge on any atom is 0.297 e. The molecule has 0 atom stereocenters. The van der Waals surface area contributed by atoms with Gasteiger partial charge in [-0.05, 0) is 65.1 Å². The van der Waals surface area contributed by atoms with Crippen LogP contribution in [0, 0.1) is 0 Å². The molecule has 0 N–H and O–H groups in total. The van der Waals surface area contributed by atoms with E-state index in [1.807, 2.05) is 0 Å². The second-order valence-corrected chi connectivity index (χ2v) is 8.41. The van der Waals surface area contributed by atoms with Gasteiger partial charge in [-0.2, -0.15) is 0 Å². The normalized spacial score (nSPS) is 18.1. The molecular formula is C28H20O2. The lowest BCUT2D eigenvalue weighted by Crippen LogP contribution is -2.50. The first kappa shape index (κ1) is 16.3. The molecule has 2 nitrogen and oxygen atoms in total. The highest BCUT2D eigenvalue weighted by Gasteiger charge is 2.50. The molecule has 2 aliphatic heterocycles. The van der Waals surface area contributed by atoms with Crippen molar-refractivity contribution in [3.8, 4) is 11.5 Å². The van der Waals surface area contributed by atoms with Crippen LogP contribution >= 0.6 is 0 Å². The highest BCUT2D eigenvalue weighted by molar-refractivity contribution is 5.96. The third kappa shape index (κ3) is 2.08. The molecule has 1 saturated carbocycles. The summed E-state index contributed by atoms with van der Waals surface area (Å²) in [5, 5.41) is 4.94. The molecule has 0 aromatic heterocycles. The summed E-state index contributed by atoms with van der Waals surface area (Å²) < 4.78 is 13.5. The zero-order chi connectivity index (χ0) is 19.7. The largest absolute Gasteiger partial charge is 0.444 e. The van der Waals surface area contributed by atoms with E-state index in [1.165, 1.54) is 43.8 Å². The predicted molar refractivity (Wildman–Crippen MR) is 122 cm³/mol. The van der Waals surface area contributed by atoms with Crippen LogP contribution in [0.4, 0.5) is 0 Å². The van der Waals surface area contributed by atoms with Gasteiger partial charge in [-0.25, -0.2) is 0 Å². The summed E-state index contributed by atoms with van der Waals surface area (Å²) in [5.41, 5.74) is 4.79. The van der Waals surface area contributed by atoms with E-state index in [4.69, 9.17) is 9.47 Å². The molecule has 2 heteroatoms. The number of ether oxygens (including phenoxy) is 2. The van der Waals surface area contributed by atoms with E-state index >= 15 is 0 Å². The van der Waals surface area contributed by atoms with E-state index in [0.29, 0.717) is 0 Å². The number of benzene rings is 4. The molecule has 7 rings (SSSR count). The van der Waals surface area contributed by atoms with Gasteiger partial charge in [-0.15, -0.1) is 0 Å². The van der Waals surface area contributed by atoms with E-state index in [9.17, 15) is 0 Å². The summed E-state index contributed by atoms with van der Waals surface area (Å²) in [7, 11) is 0. The van der Waals surface area contributed by atoms with E-state index in [0.717, 1.165) is 30.8 Å². The molecule has 144 valence electrons. The van der Waals surface area contributed by atoms with Crippen molar-refractivity contribution >= 4 is 33.7 Å². The topological polar surface area (TPSA) is 18.5 Å². The van der Waals surface area contributed by atoms with E-state index in [1.54, 1.807) is 0 Å². The van der Waals surface area contributed by atoms with Gasteiger partial charge in [-0.1, -0.05) is 60.7 Å². The van der Waals surface area contributed by atoms with Crippen molar-refractivity contribution in [3.05, 3.63) is 95.1 Å². The highest BCUT2D eigenvalue weighted by Crippen LogP contribution is 2.52. The Morgan fingerprint density at radius 2 is 1.07 bits per heavy atom. The van der Waals surface area contributed by atoms with Crippen molar-refractivity contribution in [2.24, 2.45) is 0 Å². The molecule has 1 fully saturated rings. The molecule has 4 aromatic rings. The smallest absolute Gasteiger partial charge is 0.297 e. The summed E-state index contributed by atoms with van der Waals surface area (Å²) in [6, 6.07) is 25.5. The Bertz CT molecular complexity index is 1310. The molecule has 2 heterocycles. The summed E-state index contributed by atoms with van der Waals surface area (Å²) in [6.07, 6.45) is 7.73. The molecule has 0 unspecified atom stereocenters. The monoisotopic (exact) mass is 388 g/mol. The standard InChI is InChI=1S/C28H20O2/c1-3-10-22-18(6-1)12-14-26-24(22)16-20-8-5-9-21-17-25-23-11-4-2-7-19(23)13-15-27(25)30-28(20,21)29-26/h1-4,6-7,10-17H,5,8-9H2. The van der Waals surface area contributed by atoms with Crippen LogP contribution in [0.2, 0.25) is 0 Å². The van der Waals surface area contributed by atoms with Crippen molar-refractivity contribution in [2.75, 3.05) is 0 Å². The van der Waals surface area contributed by atoms with E-state index in [-0.39, 0.29) is 0 Å². The molecule has 0 bridgehead atoms. The van der Waals surface area contributed by atoms with Crippen LogP contribution in [-0.4, -0.2) is 5.79 Å². The highest BCUT2D eigenvalue weighted by atomic mass is 16.7. The van der Waals surface area contributed by atoms with Crippen LogP contribution < -0.4 is 9.47 Å². The van der Waals surface area contributed by atoms with Gasteiger partial charge in [0.05, 0.1) is 0 Å². The number of rotatable bonds is 0. The third-order valence-electron chi connectivity index (χ3n) is 6.74. The maximum atomic E-state index is 6.75. The van der Waals surface area contributed by atoms with Gasteiger partial charge in [0, 0.05) is 22.3 Å². The molecule has 1 aliphatic carbocycles. The molecule has 1 spiro atoms. The van der Waals surface area contributed by atoms with Gasteiger partial charge < -0.3 is 9.47 Å². The van der Waals surface area contributed by atoms with Gasteiger partial charge in [0.25, 0.3) is 5.79 Å². The maximum absolute atomic E-state index is 6.75. The Morgan fingerprint density at radius 1 is 0.567 bits per heavy atom. The molecular weight excluding hydrogens is 368 g/mol. The second kappa shape index (κ2) is 5.76. The van der Waals surface area contributed by atoms with Crippen LogP contribution in [-0.2, 0) is 0 Å². The van der Waals surface area contributed by atoms with Gasteiger partial charge >= 0.3 is 0 Å². The molecule has 0 radical (unpaired) electrons. The fraction of sp³-hybridized carbons (Fsp3) is 0.143.